The van der Waals surface area contributed by atoms with Crippen molar-refractivity contribution in [3.63, 3.8) is 0 Å². The van der Waals surface area contributed by atoms with Crippen LogP contribution in [0.15, 0.2) is 48.5 Å². The lowest BCUT2D eigenvalue weighted by molar-refractivity contribution is 0.608. The molecule has 0 atom stereocenters. The van der Waals surface area contributed by atoms with E-state index in [0.717, 1.165) is 12.1 Å². The molecule has 1 heteroatoms. The predicted octanol–water partition coefficient (Wildman–Crippen LogP) is 6.48. The van der Waals surface area contributed by atoms with E-state index < -0.39 is 0 Å². The first kappa shape index (κ1) is 15.9. The first-order valence-corrected chi connectivity index (χ1v) is 9.00. The van der Waals surface area contributed by atoms with E-state index in [1.165, 1.54) is 65.6 Å². The van der Waals surface area contributed by atoms with Gasteiger partial charge in [-0.25, -0.2) is 0 Å². The quantitative estimate of drug-likeness (QED) is 0.302. The molecule has 0 heterocycles. The van der Waals surface area contributed by atoms with Crippen molar-refractivity contribution < 1.29 is 0 Å². The molecule has 0 saturated heterocycles. The summed E-state index contributed by atoms with van der Waals surface area (Å²) in [7, 11) is 0. The third kappa shape index (κ3) is 3.50. The van der Waals surface area contributed by atoms with Crippen LogP contribution in [0.3, 0.4) is 0 Å². The molecule has 120 valence electrons. The Morgan fingerprint density at radius 3 is 2.39 bits per heavy atom. The summed E-state index contributed by atoms with van der Waals surface area (Å²) in [5.41, 5.74) is 8.87. The van der Waals surface area contributed by atoms with E-state index in [0.29, 0.717) is 0 Å². The monoisotopic (exact) mass is 305 g/mol. The first-order chi connectivity index (χ1) is 11.3. The van der Waals surface area contributed by atoms with Crippen LogP contribution < -0.4 is 5.73 Å². The Labute approximate surface area is 139 Å². The van der Waals surface area contributed by atoms with Crippen molar-refractivity contribution in [3.8, 4) is 0 Å². The van der Waals surface area contributed by atoms with E-state index in [1.54, 1.807) is 0 Å². The lowest BCUT2D eigenvalue weighted by atomic mass is 9.94. The molecule has 3 rings (SSSR count). The fourth-order valence-corrected chi connectivity index (χ4v) is 3.54. The van der Waals surface area contributed by atoms with Crippen LogP contribution in [0, 0.1) is 0 Å². The van der Waals surface area contributed by atoms with Gasteiger partial charge in [0.2, 0.25) is 0 Å². The number of anilines is 1. The van der Waals surface area contributed by atoms with E-state index in [4.69, 9.17) is 5.73 Å². The van der Waals surface area contributed by atoms with Crippen molar-refractivity contribution in [3.05, 3.63) is 54.1 Å². The highest BCUT2D eigenvalue weighted by molar-refractivity contribution is 6.11. The van der Waals surface area contributed by atoms with Crippen LogP contribution in [-0.2, 0) is 6.42 Å². The van der Waals surface area contributed by atoms with Gasteiger partial charge in [-0.05, 0) is 35.2 Å². The Morgan fingerprint density at radius 1 is 0.783 bits per heavy atom. The molecule has 0 bridgehead atoms. The van der Waals surface area contributed by atoms with Gasteiger partial charge in [0, 0.05) is 16.5 Å². The predicted molar refractivity (Wildman–Crippen MR) is 103 cm³/mol. The molecule has 2 N–H and O–H groups in total. The standard InChI is InChI=1S/C22H27N/c1-2-3-4-5-6-7-11-17-13-10-14-19-16-18-12-8-9-15-20(18)22(23)21(17)19/h8-10,12-16H,2-7,11,23H2,1H3. The van der Waals surface area contributed by atoms with Gasteiger partial charge in [0.05, 0.1) is 0 Å². The van der Waals surface area contributed by atoms with Crippen molar-refractivity contribution in [1.29, 1.82) is 0 Å². The van der Waals surface area contributed by atoms with E-state index in [2.05, 4.69) is 55.5 Å². The maximum absolute atomic E-state index is 6.53. The molecule has 0 aliphatic heterocycles. The smallest absolute Gasteiger partial charge is 0.0476 e. The number of hydrogen-bond acceptors (Lipinski definition) is 1. The highest BCUT2D eigenvalue weighted by atomic mass is 14.6. The zero-order valence-corrected chi connectivity index (χ0v) is 14.1. The molecule has 0 aliphatic rings. The molecule has 0 saturated carbocycles. The normalized spacial score (nSPS) is 11.3. The second-order valence-corrected chi connectivity index (χ2v) is 6.54. The van der Waals surface area contributed by atoms with Crippen LogP contribution in [0.1, 0.15) is 51.0 Å². The van der Waals surface area contributed by atoms with Gasteiger partial charge in [-0.2, -0.15) is 0 Å². The Kier molecular flexibility index (Phi) is 5.17. The lowest BCUT2D eigenvalue weighted by Gasteiger charge is -2.12. The van der Waals surface area contributed by atoms with Crippen LogP contribution in [0.25, 0.3) is 21.5 Å². The van der Waals surface area contributed by atoms with Crippen molar-refractivity contribution in [1.82, 2.24) is 0 Å². The second kappa shape index (κ2) is 7.50. The summed E-state index contributed by atoms with van der Waals surface area (Å²) in [4.78, 5) is 0. The Hall–Kier alpha value is -2.02. The maximum atomic E-state index is 6.53. The van der Waals surface area contributed by atoms with Gasteiger partial charge in [-0.15, -0.1) is 0 Å². The zero-order valence-electron chi connectivity index (χ0n) is 14.1. The molecule has 3 aromatic carbocycles. The van der Waals surface area contributed by atoms with Crippen LogP contribution in [0.4, 0.5) is 5.69 Å². The van der Waals surface area contributed by atoms with E-state index >= 15 is 0 Å². The molecule has 0 spiro atoms. The summed E-state index contributed by atoms with van der Waals surface area (Å²) in [6.07, 6.45) is 9.13. The number of nitrogens with two attached hydrogens (primary N) is 1. The molecule has 0 radical (unpaired) electrons. The highest BCUT2D eigenvalue weighted by Gasteiger charge is 2.08. The van der Waals surface area contributed by atoms with Crippen LogP contribution in [0.5, 0.6) is 0 Å². The summed E-state index contributed by atoms with van der Waals surface area (Å²) in [5.74, 6) is 0. The van der Waals surface area contributed by atoms with Gasteiger partial charge in [0.25, 0.3) is 0 Å². The highest BCUT2D eigenvalue weighted by Crippen LogP contribution is 2.33. The van der Waals surface area contributed by atoms with Gasteiger partial charge >= 0.3 is 0 Å². The second-order valence-electron chi connectivity index (χ2n) is 6.54. The molecule has 23 heavy (non-hydrogen) atoms. The Morgan fingerprint density at radius 2 is 1.52 bits per heavy atom. The molecule has 1 nitrogen and oxygen atoms in total. The number of hydrogen-bond donors (Lipinski definition) is 1. The topological polar surface area (TPSA) is 26.0 Å². The van der Waals surface area contributed by atoms with E-state index in [9.17, 15) is 0 Å². The van der Waals surface area contributed by atoms with Gasteiger partial charge in [0.1, 0.15) is 0 Å². The number of benzene rings is 3. The third-order valence-corrected chi connectivity index (χ3v) is 4.81. The maximum Gasteiger partial charge on any atom is 0.0476 e. The number of nitrogen functional groups attached to an aromatic ring is 1. The molecular formula is C22H27N. The van der Waals surface area contributed by atoms with E-state index in [1.807, 2.05) is 0 Å². The first-order valence-electron chi connectivity index (χ1n) is 9.00. The number of unbranched alkanes of at least 4 members (excludes halogenated alkanes) is 5. The summed E-state index contributed by atoms with van der Waals surface area (Å²) < 4.78 is 0. The minimum absolute atomic E-state index is 0.944. The zero-order chi connectivity index (χ0) is 16.1. The van der Waals surface area contributed by atoms with Crippen molar-refractivity contribution >= 4 is 27.2 Å². The molecule has 0 fully saturated rings. The lowest BCUT2D eigenvalue weighted by Crippen LogP contribution is -1.95. The molecule has 0 aliphatic carbocycles. The minimum Gasteiger partial charge on any atom is -0.398 e. The van der Waals surface area contributed by atoms with E-state index in [-0.39, 0.29) is 0 Å². The van der Waals surface area contributed by atoms with Crippen LogP contribution in [0.2, 0.25) is 0 Å². The number of aryl methyl sites for hydroxylation is 1. The number of fused-ring (bicyclic) bond motifs is 2. The summed E-state index contributed by atoms with van der Waals surface area (Å²) in [6, 6.07) is 17.3. The number of rotatable bonds is 7. The third-order valence-electron chi connectivity index (χ3n) is 4.81. The SMILES string of the molecule is CCCCCCCCc1cccc2cc3ccccc3c(N)c12. The molecule has 0 amide bonds. The van der Waals surface area contributed by atoms with Gasteiger partial charge in [-0.1, -0.05) is 81.5 Å². The van der Waals surface area contributed by atoms with Gasteiger partial charge < -0.3 is 5.73 Å². The Balaban J connectivity index is 1.84. The molecule has 0 unspecified atom stereocenters. The fourth-order valence-electron chi connectivity index (χ4n) is 3.54. The van der Waals surface area contributed by atoms with Crippen molar-refractivity contribution in [2.75, 3.05) is 5.73 Å². The summed E-state index contributed by atoms with van der Waals surface area (Å²) in [5, 5.41) is 4.94. The average Bonchev–Trinajstić information content (AvgIpc) is 2.58. The largest absolute Gasteiger partial charge is 0.398 e. The van der Waals surface area contributed by atoms with Crippen LogP contribution in [-0.4, -0.2) is 0 Å². The fraction of sp³-hybridized carbons (Fsp3) is 0.364. The summed E-state index contributed by atoms with van der Waals surface area (Å²) in [6.45, 7) is 2.27. The minimum atomic E-state index is 0.944. The van der Waals surface area contributed by atoms with Crippen molar-refractivity contribution in [2.45, 2.75) is 51.9 Å². The van der Waals surface area contributed by atoms with Gasteiger partial charge in [-0.3, -0.25) is 0 Å². The van der Waals surface area contributed by atoms with Crippen molar-refractivity contribution in [2.24, 2.45) is 0 Å². The Bertz CT molecular complexity index is 788. The molecule has 0 aromatic heterocycles. The average molecular weight is 305 g/mol. The summed E-state index contributed by atoms with van der Waals surface area (Å²) >= 11 is 0. The molecule has 3 aromatic rings. The molecular weight excluding hydrogens is 278 g/mol. The van der Waals surface area contributed by atoms with Crippen LogP contribution >= 0.6 is 0 Å². The van der Waals surface area contributed by atoms with Gasteiger partial charge in [0.15, 0.2) is 0 Å².